The number of fused-ring (bicyclic) bond motifs is 4. The molecule has 2 aromatic heterocycles. The molecule has 0 amide bonds. The Labute approximate surface area is 219 Å². The highest BCUT2D eigenvalue weighted by molar-refractivity contribution is 6.00. The van der Waals surface area contributed by atoms with E-state index in [9.17, 15) is 4.79 Å². The number of hydrogen-bond acceptors (Lipinski definition) is 6. The van der Waals surface area contributed by atoms with Crippen LogP contribution in [0.15, 0.2) is 90.5 Å². The maximum absolute atomic E-state index is 13.5. The Balaban J connectivity index is 1.32. The number of Topliss-reactive ketones (excluding diaryl/α,β-unsaturated/α-hetero) is 1. The van der Waals surface area contributed by atoms with Crippen LogP contribution in [-0.2, 0) is 11.4 Å². The van der Waals surface area contributed by atoms with Crippen LogP contribution in [0.2, 0.25) is 0 Å². The molecule has 0 radical (unpaired) electrons. The molecule has 0 saturated heterocycles. The summed E-state index contributed by atoms with van der Waals surface area (Å²) in [6, 6.07) is 24.1. The molecule has 188 valence electrons. The third kappa shape index (κ3) is 3.74. The van der Waals surface area contributed by atoms with Gasteiger partial charge in [0.05, 0.1) is 5.56 Å². The molecular weight excluding hydrogens is 476 g/mol. The number of rotatable bonds is 4. The monoisotopic (exact) mass is 502 g/mol. The molecule has 3 heterocycles. The molecule has 0 spiro atoms. The van der Waals surface area contributed by atoms with Crippen LogP contribution in [0.3, 0.4) is 0 Å². The highest BCUT2D eigenvalue weighted by atomic mass is 16.5. The Morgan fingerprint density at radius 3 is 2.66 bits per heavy atom. The number of ether oxygens (including phenoxy) is 2. The Bertz CT molecular complexity index is 1750. The van der Waals surface area contributed by atoms with Gasteiger partial charge in [0.25, 0.3) is 0 Å². The SMILES string of the molecule is CC1(C)CC(=O)C2=C(C1)Oc1ncn3nc(COc4cccc5ccccc45)nc3c1[C@@H]2c1ccccc1. The lowest BCUT2D eigenvalue weighted by Gasteiger charge is -2.37. The summed E-state index contributed by atoms with van der Waals surface area (Å²) in [7, 11) is 0. The molecule has 0 fully saturated rings. The summed E-state index contributed by atoms with van der Waals surface area (Å²) < 4.78 is 14.1. The first-order valence-corrected chi connectivity index (χ1v) is 12.8. The van der Waals surface area contributed by atoms with E-state index in [1.165, 1.54) is 0 Å². The zero-order valence-electron chi connectivity index (χ0n) is 21.2. The van der Waals surface area contributed by atoms with Crippen molar-refractivity contribution in [3.8, 4) is 11.6 Å². The van der Waals surface area contributed by atoms with E-state index in [1.807, 2.05) is 60.7 Å². The molecule has 5 aromatic rings. The number of carbonyl (C=O) groups excluding carboxylic acids is 1. The van der Waals surface area contributed by atoms with Gasteiger partial charge in [0.15, 0.2) is 17.3 Å². The van der Waals surface area contributed by atoms with Gasteiger partial charge in [-0.1, -0.05) is 80.6 Å². The van der Waals surface area contributed by atoms with Crippen molar-refractivity contribution in [2.24, 2.45) is 5.41 Å². The van der Waals surface area contributed by atoms with Gasteiger partial charge >= 0.3 is 0 Å². The molecule has 1 aliphatic carbocycles. The van der Waals surface area contributed by atoms with Crippen LogP contribution in [0.25, 0.3) is 16.4 Å². The van der Waals surface area contributed by atoms with Crippen molar-refractivity contribution in [3.63, 3.8) is 0 Å². The molecule has 3 aromatic carbocycles. The zero-order chi connectivity index (χ0) is 25.9. The lowest BCUT2D eigenvalue weighted by molar-refractivity contribution is -0.118. The quantitative estimate of drug-likeness (QED) is 0.299. The molecule has 0 unspecified atom stereocenters. The van der Waals surface area contributed by atoms with E-state index in [4.69, 9.17) is 14.5 Å². The van der Waals surface area contributed by atoms with Gasteiger partial charge in [-0.3, -0.25) is 4.79 Å². The largest absolute Gasteiger partial charge is 0.485 e. The van der Waals surface area contributed by atoms with E-state index in [0.29, 0.717) is 41.5 Å². The van der Waals surface area contributed by atoms with Crippen LogP contribution >= 0.6 is 0 Å². The second-order valence-electron chi connectivity index (χ2n) is 10.7. The smallest absolute Gasteiger partial charge is 0.228 e. The molecule has 7 heteroatoms. The second kappa shape index (κ2) is 8.52. The number of benzene rings is 3. The van der Waals surface area contributed by atoms with Crippen molar-refractivity contribution in [1.82, 2.24) is 19.6 Å². The zero-order valence-corrected chi connectivity index (χ0v) is 21.2. The third-order valence-electron chi connectivity index (χ3n) is 7.35. The minimum absolute atomic E-state index is 0.108. The first-order chi connectivity index (χ1) is 18.5. The van der Waals surface area contributed by atoms with E-state index in [2.05, 4.69) is 36.1 Å². The molecule has 7 rings (SSSR count). The standard InChI is InChI=1S/C31H26N4O3/c1-31(2)15-22(36)27-24(16-31)38-30-28(26(27)20-10-4-3-5-11-20)29-33-25(34-35(29)18-32-30)17-37-23-14-8-12-19-9-6-7-13-21(19)23/h3-14,18,26H,15-17H2,1-2H3/t26-/m1/s1. The molecule has 38 heavy (non-hydrogen) atoms. The van der Waals surface area contributed by atoms with Crippen LogP contribution in [0.1, 0.15) is 49.6 Å². The van der Waals surface area contributed by atoms with Crippen LogP contribution in [0.5, 0.6) is 11.6 Å². The van der Waals surface area contributed by atoms with Gasteiger partial charge < -0.3 is 9.47 Å². The maximum atomic E-state index is 13.5. The van der Waals surface area contributed by atoms with Crippen molar-refractivity contribution in [1.29, 1.82) is 0 Å². The number of aromatic nitrogens is 4. The summed E-state index contributed by atoms with van der Waals surface area (Å²) in [5.74, 6) is 2.27. The maximum Gasteiger partial charge on any atom is 0.228 e. The summed E-state index contributed by atoms with van der Waals surface area (Å²) in [6.07, 6.45) is 2.77. The van der Waals surface area contributed by atoms with Gasteiger partial charge in [-0.15, -0.1) is 5.10 Å². The molecule has 2 aliphatic rings. The van der Waals surface area contributed by atoms with Crippen molar-refractivity contribution in [2.45, 2.75) is 39.2 Å². The second-order valence-corrected chi connectivity index (χ2v) is 10.7. The van der Waals surface area contributed by atoms with Gasteiger partial charge in [-0.25, -0.2) is 14.5 Å². The Kier molecular flexibility index (Phi) is 5.08. The summed E-state index contributed by atoms with van der Waals surface area (Å²) in [5, 5.41) is 6.80. The number of hydrogen-bond donors (Lipinski definition) is 0. The van der Waals surface area contributed by atoms with Crippen molar-refractivity contribution in [3.05, 3.63) is 107 Å². The molecule has 0 saturated carbocycles. The fraction of sp³-hybridized carbons (Fsp3) is 0.226. The molecule has 1 atom stereocenters. The number of ketones is 1. The minimum Gasteiger partial charge on any atom is -0.485 e. The topological polar surface area (TPSA) is 78.6 Å². The fourth-order valence-corrected chi connectivity index (χ4v) is 5.69. The van der Waals surface area contributed by atoms with Crippen molar-refractivity contribution in [2.75, 3.05) is 0 Å². The van der Waals surface area contributed by atoms with Crippen LogP contribution in [0, 0.1) is 5.41 Å². The predicted octanol–water partition coefficient (Wildman–Crippen LogP) is 6.02. The molecule has 0 N–H and O–H groups in total. The van der Waals surface area contributed by atoms with Gasteiger partial charge in [-0.05, 0) is 22.4 Å². The average molecular weight is 503 g/mol. The molecular formula is C31H26N4O3. The first kappa shape index (κ1) is 22.7. The van der Waals surface area contributed by atoms with Crippen molar-refractivity contribution >= 4 is 22.2 Å². The summed E-state index contributed by atoms with van der Waals surface area (Å²) >= 11 is 0. The van der Waals surface area contributed by atoms with Gasteiger partial charge in [0.1, 0.15) is 24.4 Å². The van der Waals surface area contributed by atoms with Gasteiger partial charge in [-0.2, -0.15) is 0 Å². The number of nitrogens with zero attached hydrogens (tertiary/aromatic N) is 4. The van der Waals surface area contributed by atoms with E-state index >= 15 is 0 Å². The van der Waals surface area contributed by atoms with E-state index < -0.39 is 0 Å². The minimum atomic E-state index is -0.328. The van der Waals surface area contributed by atoms with Crippen LogP contribution in [0.4, 0.5) is 0 Å². The number of carbonyl (C=O) groups is 1. The molecule has 1 aliphatic heterocycles. The fourth-order valence-electron chi connectivity index (χ4n) is 5.69. The highest BCUT2D eigenvalue weighted by Crippen LogP contribution is 2.50. The Hall–Kier alpha value is -4.52. The van der Waals surface area contributed by atoms with Crippen molar-refractivity contribution < 1.29 is 14.3 Å². The lowest BCUT2D eigenvalue weighted by atomic mass is 9.70. The summed E-state index contributed by atoms with van der Waals surface area (Å²) in [5.41, 5.74) is 2.91. The normalized spacial score (nSPS) is 18.3. The molecule has 0 bridgehead atoms. The average Bonchev–Trinajstić information content (AvgIpc) is 3.34. The molecule has 7 nitrogen and oxygen atoms in total. The third-order valence-corrected chi connectivity index (χ3v) is 7.35. The van der Waals surface area contributed by atoms with Crippen LogP contribution in [-0.4, -0.2) is 25.4 Å². The summed E-state index contributed by atoms with van der Waals surface area (Å²) in [6.45, 7) is 4.40. The number of allylic oxidation sites excluding steroid dienone is 2. The van der Waals surface area contributed by atoms with E-state index in [1.54, 1.807) is 10.8 Å². The first-order valence-electron chi connectivity index (χ1n) is 12.8. The predicted molar refractivity (Wildman–Crippen MR) is 143 cm³/mol. The van der Waals surface area contributed by atoms with E-state index in [-0.39, 0.29) is 23.7 Å². The van der Waals surface area contributed by atoms with E-state index in [0.717, 1.165) is 27.6 Å². The van der Waals surface area contributed by atoms with Gasteiger partial charge in [0, 0.05) is 29.7 Å². The Morgan fingerprint density at radius 2 is 1.79 bits per heavy atom. The van der Waals surface area contributed by atoms with Gasteiger partial charge in [0.2, 0.25) is 5.88 Å². The van der Waals surface area contributed by atoms with Crippen LogP contribution < -0.4 is 9.47 Å². The summed E-state index contributed by atoms with van der Waals surface area (Å²) in [4.78, 5) is 23.0. The highest BCUT2D eigenvalue weighted by Gasteiger charge is 2.43. The lowest BCUT2D eigenvalue weighted by Crippen LogP contribution is -2.33. The Morgan fingerprint density at radius 1 is 1.00 bits per heavy atom.